The van der Waals surface area contributed by atoms with E-state index in [-0.39, 0.29) is 0 Å². The molecule has 1 atom stereocenters. The van der Waals surface area contributed by atoms with Crippen LogP contribution in [0.15, 0.2) is 23.1 Å². The minimum atomic E-state index is -0.979. The lowest BCUT2D eigenvalue weighted by molar-refractivity contribution is -0.138. The molecule has 1 aliphatic heterocycles. The van der Waals surface area contributed by atoms with Crippen molar-refractivity contribution in [2.45, 2.75) is 17.4 Å². The summed E-state index contributed by atoms with van der Waals surface area (Å²) in [5.41, 5.74) is 7.51. The number of carboxylic acid groups (broad SMARTS) is 1. The second-order valence-electron chi connectivity index (χ2n) is 3.28. The number of aryl methyl sites for hydroxylation is 1. The number of aliphatic carboxylic acids is 1. The maximum Gasteiger partial charge on any atom is 0.325 e. The first-order chi connectivity index (χ1) is 6.68. The molecule has 74 valence electrons. The molecular formula is C10H11NO2S. The molecule has 3 N–H and O–H groups in total. The fourth-order valence-electron chi connectivity index (χ4n) is 1.52. The van der Waals surface area contributed by atoms with Gasteiger partial charge < -0.3 is 10.8 Å². The van der Waals surface area contributed by atoms with E-state index in [1.165, 1.54) is 10.5 Å². The molecule has 1 aliphatic rings. The van der Waals surface area contributed by atoms with E-state index in [1.807, 2.05) is 18.2 Å². The summed E-state index contributed by atoms with van der Waals surface area (Å²) in [7, 11) is 0. The van der Waals surface area contributed by atoms with Gasteiger partial charge in [-0.05, 0) is 23.6 Å². The van der Waals surface area contributed by atoms with Gasteiger partial charge in [0, 0.05) is 10.6 Å². The van der Waals surface area contributed by atoms with Crippen molar-refractivity contribution in [3.05, 3.63) is 29.3 Å². The fourth-order valence-corrected chi connectivity index (χ4v) is 2.64. The molecule has 4 heteroatoms. The molecule has 1 aromatic carbocycles. The molecular weight excluding hydrogens is 198 g/mol. The van der Waals surface area contributed by atoms with Crippen LogP contribution in [-0.2, 0) is 11.2 Å². The lowest BCUT2D eigenvalue weighted by atomic mass is 10.0. The van der Waals surface area contributed by atoms with E-state index in [9.17, 15) is 4.79 Å². The molecule has 1 aromatic rings. The highest BCUT2D eigenvalue weighted by atomic mass is 32.2. The number of hydrogen-bond acceptors (Lipinski definition) is 3. The highest BCUT2D eigenvalue weighted by Gasteiger charge is 2.17. The number of nitrogens with two attached hydrogens (primary N) is 1. The van der Waals surface area contributed by atoms with Crippen LogP contribution in [0.1, 0.15) is 17.2 Å². The first kappa shape index (κ1) is 9.55. The Labute approximate surface area is 86.3 Å². The Hall–Kier alpha value is -1.00. The van der Waals surface area contributed by atoms with Crippen molar-refractivity contribution in [1.82, 2.24) is 0 Å². The predicted molar refractivity (Wildman–Crippen MR) is 55.4 cm³/mol. The molecule has 0 aromatic heterocycles. The second-order valence-corrected chi connectivity index (χ2v) is 4.42. The minimum absolute atomic E-state index is 0.686. The van der Waals surface area contributed by atoms with Crippen LogP contribution in [-0.4, -0.2) is 16.8 Å². The van der Waals surface area contributed by atoms with Crippen molar-refractivity contribution >= 4 is 17.7 Å². The van der Waals surface area contributed by atoms with E-state index in [1.54, 1.807) is 11.8 Å². The summed E-state index contributed by atoms with van der Waals surface area (Å²) >= 11 is 1.76. The monoisotopic (exact) mass is 209 g/mol. The van der Waals surface area contributed by atoms with E-state index in [4.69, 9.17) is 10.8 Å². The zero-order valence-corrected chi connectivity index (χ0v) is 8.38. The lowest BCUT2D eigenvalue weighted by Crippen LogP contribution is -2.20. The van der Waals surface area contributed by atoms with E-state index in [2.05, 4.69) is 0 Å². The molecule has 2 rings (SSSR count). The van der Waals surface area contributed by atoms with Gasteiger partial charge in [-0.3, -0.25) is 4.79 Å². The summed E-state index contributed by atoms with van der Waals surface area (Å²) in [6, 6.07) is 4.78. The highest BCUT2D eigenvalue weighted by Crippen LogP contribution is 2.32. The van der Waals surface area contributed by atoms with Gasteiger partial charge in [0.15, 0.2) is 0 Å². The van der Waals surface area contributed by atoms with Gasteiger partial charge >= 0.3 is 5.97 Å². The van der Waals surface area contributed by atoms with Gasteiger partial charge in [0.2, 0.25) is 0 Å². The Kier molecular flexibility index (Phi) is 2.48. The van der Waals surface area contributed by atoms with Crippen LogP contribution in [0, 0.1) is 0 Å². The quantitative estimate of drug-likeness (QED) is 0.773. The summed E-state index contributed by atoms with van der Waals surface area (Å²) < 4.78 is 0. The third-order valence-corrected chi connectivity index (χ3v) is 3.44. The number of carbonyl (C=O) groups is 1. The molecule has 0 fully saturated rings. The average molecular weight is 209 g/mol. The van der Waals surface area contributed by atoms with Crippen molar-refractivity contribution in [1.29, 1.82) is 0 Å². The number of thioether (sulfide) groups is 1. The maximum absolute atomic E-state index is 10.7. The molecule has 0 saturated carbocycles. The molecule has 3 nitrogen and oxygen atoms in total. The van der Waals surface area contributed by atoms with Crippen molar-refractivity contribution in [2.24, 2.45) is 5.73 Å². The van der Waals surface area contributed by atoms with Crippen LogP contribution in [0.4, 0.5) is 0 Å². The first-order valence-electron chi connectivity index (χ1n) is 4.42. The first-order valence-corrected chi connectivity index (χ1v) is 5.41. The summed E-state index contributed by atoms with van der Waals surface area (Å²) in [5, 5.41) is 8.75. The van der Waals surface area contributed by atoms with Crippen LogP contribution in [0.2, 0.25) is 0 Å². The zero-order valence-electron chi connectivity index (χ0n) is 7.56. The van der Waals surface area contributed by atoms with Crippen LogP contribution in [0.5, 0.6) is 0 Å². The summed E-state index contributed by atoms with van der Waals surface area (Å²) in [6.07, 6.45) is 1.07. The number of rotatable bonds is 2. The van der Waals surface area contributed by atoms with E-state index in [0.29, 0.717) is 5.56 Å². The Morgan fingerprint density at radius 2 is 2.36 bits per heavy atom. The van der Waals surface area contributed by atoms with Gasteiger partial charge in [-0.2, -0.15) is 0 Å². The smallest absolute Gasteiger partial charge is 0.325 e. The highest BCUT2D eigenvalue weighted by molar-refractivity contribution is 7.99. The predicted octanol–water partition coefficient (Wildman–Crippen LogP) is 1.42. The number of benzene rings is 1. The number of carboxylic acids is 1. The van der Waals surface area contributed by atoms with Crippen molar-refractivity contribution in [3.63, 3.8) is 0 Å². The Balaban J connectivity index is 2.33. The van der Waals surface area contributed by atoms with Crippen LogP contribution in [0.25, 0.3) is 0 Å². The third kappa shape index (κ3) is 1.63. The van der Waals surface area contributed by atoms with Gasteiger partial charge in [-0.15, -0.1) is 11.8 Å². The molecule has 1 heterocycles. The lowest BCUT2D eigenvalue weighted by Gasteiger charge is -2.08. The van der Waals surface area contributed by atoms with Crippen LogP contribution in [0.3, 0.4) is 0 Å². The Morgan fingerprint density at radius 1 is 1.57 bits per heavy atom. The van der Waals surface area contributed by atoms with Gasteiger partial charge in [0.1, 0.15) is 6.04 Å². The summed E-state index contributed by atoms with van der Waals surface area (Å²) in [5.74, 6) is 0.106. The molecule has 14 heavy (non-hydrogen) atoms. The fraction of sp³-hybridized carbons (Fsp3) is 0.300. The second kappa shape index (κ2) is 3.63. The normalized spacial score (nSPS) is 16.4. The molecule has 0 aliphatic carbocycles. The van der Waals surface area contributed by atoms with Gasteiger partial charge in [-0.25, -0.2) is 0 Å². The average Bonchev–Trinajstić information content (AvgIpc) is 2.62. The van der Waals surface area contributed by atoms with Crippen LogP contribution < -0.4 is 5.73 Å². The minimum Gasteiger partial charge on any atom is -0.480 e. The number of fused-ring (bicyclic) bond motifs is 1. The third-order valence-electron chi connectivity index (χ3n) is 2.35. The van der Waals surface area contributed by atoms with Gasteiger partial charge in [0.05, 0.1) is 0 Å². The summed E-state index contributed by atoms with van der Waals surface area (Å²) in [6.45, 7) is 0. The topological polar surface area (TPSA) is 63.3 Å². The van der Waals surface area contributed by atoms with Crippen molar-refractivity contribution in [3.8, 4) is 0 Å². The SMILES string of the molecule is NC(C(=O)O)c1ccc2c(c1)SCC2. The van der Waals surface area contributed by atoms with Gasteiger partial charge in [0.25, 0.3) is 0 Å². The maximum atomic E-state index is 10.7. The molecule has 1 unspecified atom stereocenters. The van der Waals surface area contributed by atoms with E-state index >= 15 is 0 Å². The van der Waals surface area contributed by atoms with E-state index < -0.39 is 12.0 Å². The molecule has 0 bridgehead atoms. The molecule has 0 amide bonds. The Bertz CT molecular complexity index is 378. The van der Waals surface area contributed by atoms with Crippen LogP contribution >= 0.6 is 11.8 Å². The van der Waals surface area contributed by atoms with Gasteiger partial charge in [-0.1, -0.05) is 12.1 Å². The van der Waals surface area contributed by atoms with E-state index in [0.717, 1.165) is 12.2 Å². The molecule has 0 saturated heterocycles. The Morgan fingerprint density at radius 3 is 3.07 bits per heavy atom. The largest absolute Gasteiger partial charge is 0.480 e. The molecule has 0 radical (unpaired) electrons. The summed E-state index contributed by atoms with van der Waals surface area (Å²) in [4.78, 5) is 11.8. The zero-order chi connectivity index (χ0) is 10.1. The number of hydrogen-bond donors (Lipinski definition) is 2. The van der Waals surface area contributed by atoms with Crippen molar-refractivity contribution < 1.29 is 9.90 Å². The standard InChI is InChI=1S/C10H11NO2S/c11-9(10(12)13)7-2-1-6-3-4-14-8(6)5-7/h1-2,5,9H,3-4,11H2,(H,12,13). The van der Waals surface area contributed by atoms with Crippen molar-refractivity contribution in [2.75, 3.05) is 5.75 Å². The molecule has 0 spiro atoms.